The predicted octanol–water partition coefficient (Wildman–Crippen LogP) is 2.53. The second-order valence-corrected chi connectivity index (χ2v) is 5.43. The molecule has 0 spiro atoms. The van der Waals surface area contributed by atoms with Gasteiger partial charge in [-0.05, 0) is 42.3 Å². The van der Waals surface area contributed by atoms with Crippen molar-refractivity contribution in [1.29, 1.82) is 0 Å². The van der Waals surface area contributed by atoms with Gasteiger partial charge in [0.1, 0.15) is 11.6 Å². The molecule has 2 aromatic rings. The van der Waals surface area contributed by atoms with Gasteiger partial charge < -0.3 is 20.5 Å². The lowest BCUT2D eigenvalue weighted by molar-refractivity contribution is -0.124. The van der Waals surface area contributed by atoms with Gasteiger partial charge in [-0.25, -0.2) is 9.18 Å². The number of nitrogens with one attached hydrogen (secondary N) is 1. The second-order valence-electron chi connectivity index (χ2n) is 5.43. The number of nitrogens with two attached hydrogens (primary N) is 1. The van der Waals surface area contributed by atoms with Gasteiger partial charge in [-0.3, -0.25) is 4.79 Å². The maximum absolute atomic E-state index is 12.9. The topological polar surface area (TPSA) is 90.7 Å². The molecule has 0 aromatic heterocycles. The third-order valence-electron chi connectivity index (χ3n) is 3.45. The number of hydrogen-bond donors (Lipinski definition) is 2. The van der Waals surface area contributed by atoms with Crippen molar-refractivity contribution >= 4 is 17.6 Å². The van der Waals surface area contributed by atoms with Crippen LogP contribution in [0, 0.1) is 5.82 Å². The predicted molar refractivity (Wildman–Crippen MR) is 90.9 cm³/mol. The molecule has 0 fully saturated rings. The van der Waals surface area contributed by atoms with Gasteiger partial charge in [-0.1, -0.05) is 12.1 Å². The summed E-state index contributed by atoms with van der Waals surface area (Å²) >= 11 is 0. The number of esters is 1. The summed E-state index contributed by atoms with van der Waals surface area (Å²) in [6.07, 6.45) is 0.444. The van der Waals surface area contributed by atoms with Crippen LogP contribution in [0.3, 0.4) is 0 Å². The van der Waals surface area contributed by atoms with E-state index in [0.29, 0.717) is 6.42 Å². The van der Waals surface area contributed by atoms with E-state index in [9.17, 15) is 22.8 Å². The lowest BCUT2D eigenvalue weighted by Crippen LogP contribution is -2.30. The van der Waals surface area contributed by atoms with E-state index in [0.717, 1.165) is 17.7 Å². The maximum Gasteiger partial charge on any atom is 0.387 e. The molecule has 2 rings (SSSR count). The minimum Gasteiger partial charge on any atom is -0.452 e. The highest BCUT2D eigenvalue weighted by Gasteiger charge is 2.13. The van der Waals surface area contributed by atoms with E-state index in [-0.39, 0.29) is 23.5 Å². The quantitative estimate of drug-likeness (QED) is 0.541. The highest BCUT2D eigenvalue weighted by molar-refractivity contribution is 5.96. The van der Waals surface area contributed by atoms with Crippen molar-refractivity contribution in [2.45, 2.75) is 13.0 Å². The number of rotatable bonds is 8. The first-order valence-corrected chi connectivity index (χ1v) is 7.88. The fourth-order valence-electron chi connectivity index (χ4n) is 2.16. The molecule has 0 bridgehead atoms. The summed E-state index contributed by atoms with van der Waals surface area (Å²) in [5.41, 5.74) is 6.20. The van der Waals surface area contributed by atoms with Crippen molar-refractivity contribution in [3.63, 3.8) is 0 Å². The maximum atomic E-state index is 12.9. The number of amides is 1. The molecule has 0 aliphatic carbocycles. The molecular formula is C18H17F3N2O4. The van der Waals surface area contributed by atoms with Crippen LogP contribution in [0.2, 0.25) is 0 Å². The first kappa shape index (κ1) is 20.1. The SMILES string of the molecule is Nc1cc(F)ccc1C(=O)OCC(=O)NCCc1ccc(OC(F)F)cc1. The van der Waals surface area contributed by atoms with Crippen molar-refractivity contribution in [2.24, 2.45) is 0 Å². The van der Waals surface area contributed by atoms with Gasteiger partial charge in [0.2, 0.25) is 0 Å². The Bertz CT molecular complexity index is 798. The number of hydrogen-bond acceptors (Lipinski definition) is 5. The molecule has 0 aliphatic heterocycles. The zero-order chi connectivity index (χ0) is 19.8. The molecule has 6 nitrogen and oxygen atoms in total. The summed E-state index contributed by atoms with van der Waals surface area (Å²) in [6.45, 7) is -3.15. The Hall–Kier alpha value is -3.23. The summed E-state index contributed by atoms with van der Waals surface area (Å²) in [4.78, 5) is 23.5. The molecule has 0 saturated heterocycles. The van der Waals surface area contributed by atoms with Gasteiger partial charge in [0.05, 0.1) is 5.56 Å². The molecule has 0 radical (unpaired) electrons. The van der Waals surface area contributed by atoms with E-state index in [2.05, 4.69) is 10.1 Å². The summed E-state index contributed by atoms with van der Waals surface area (Å²) < 4.78 is 46.1. The number of nitrogen functional groups attached to an aromatic ring is 1. The number of halogens is 3. The van der Waals surface area contributed by atoms with Crippen LogP contribution < -0.4 is 15.8 Å². The van der Waals surface area contributed by atoms with Gasteiger partial charge in [0, 0.05) is 12.2 Å². The molecule has 1 amide bonds. The molecule has 27 heavy (non-hydrogen) atoms. The Labute approximate surface area is 153 Å². The number of carbonyl (C=O) groups is 2. The normalized spacial score (nSPS) is 10.5. The Morgan fingerprint density at radius 2 is 1.81 bits per heavy atom. The Balaban J connectivity index is 1.72. The molecule has 0 atom stereocenters. The van der Waals surface area contributed by atoms with Gasteiger partial charge in [0.15, 0.2) is 6.61 Å². The average molecular weight is 382 g/mol. The molecule has 0 heterocycles. The lowest BCUT2D eigenvalue weighted by atomic mass is 10.1. The number of alkyl halides is 2. The van der Waals surface area contributed by atoms with Gasteiger partial charge >= 0.3 is 12.6 Å². The Morgan fingerprint density at radius 1 is 1.11 bits per heavy atom. The van der Waals surface area contributed by atoms with Gasteiger partial charge in [0.25, 0.3) is 5.91 Å². The number of anilines is 1. The van der Waals surface area contributed by atoms with Crippen LogP contribution in [0.5, 0.6) is 5.75 Å². The van der Waals surface area contributed by atoms with Crippen LogP contribution in [-0.4, -0.2) is 31.6 Å². The molecule has 3 N–H and O–H groups in total. The minimum absolute atomic E-state index is 0.0321. The van der Waals surface area contributed by atoms with Crippen LogP contribution in [-0.2, 0) is 16.0 Å². The monoisotopic (exact) mass is 382 g/mol. The fourth-order valence-corrected chi connectivity index (χ4v) is 2.16. The van der Waals surface area contributed by atoms with E-state index >= 15 is 0 Å². The number of carbonyl (C=O) groups excluding carboxylic acids is 2. The molecular weight excluding hydrogens is 365 g/mol. The lowest BCUT2D eigenvalue weighted by Gasteiger charge is -2.09. The number of benzene rings is 2. The van der Waals surface area contributed by atoms with Crippen molar-refractivity contribution in [3.8, 4) is 5.75 Å². The van der Waals surface area contributed by atoms with Crippen molar-refractivity contribution < 1.29 is 32.2 Å². The minimum atomic E-state index is -2.89. The van der Waals surface area contributed by atoms with Crippen molar-refractivity contribution in [1.82, 2.24) is 5.32 Å². The van der Waals surface area contributed by atoms with Crippen LogP contribution in [0.4, 0.5) is 18.9 Å². The molecule has 0 saturated carbocycles. The van der Waals surface area contributed by atoms with E-state index in [1.807, 2.05) is 0 Å². The van der Waals surface area contributed by atoms with Gasteiger partial charge in [-0.2, -0.15) is 8.78 Å². The highest BCUT2D eigenvalue weighted by atomic mass is 19.3. The van der Waals surface area contributed by atoms with Crippen molar-refractivity contribution in [2.75, 3.05) is 18.9 Å². The van der Waals surface area contributed by atoms with Gasteiger partial charge in [-0.15, -0.1) is 0 Å². The second kappa shape index (κ2) is 9.46. The summed E-state index contributed by atoms with van der Waals surface area (Å²) in [5, 5.41) is 2.55. The molecule has 2 aromatic carbocycles. The molecule has 0 aliphatic rings. The average Bonchev–Trinajstić information content (AvgIpc) is 2.61. The van der Waals surface area contributed by atoms with Crippen molar-refractivity contribution in [3.05, 3.63) is 59.4 Å². The smallest absolute Gasteiger partial charge is 0.387 e. The molecule has 144 valence electrons. The molecule has 9 heteroatoms. The first-order valence-electron chi connectivity index (χ1n) is 7.88. The third-order valence-corrected chi connectivity index (χ3v) is 3.45. The van der Waals surface area contributed by atoms with Crippen LogP contribution >= 0.6 is 0 Å². The standard InChI is InChI=1S/C18H17F3N2O4/c19-12-3-6-14(15(22)9-12)17(25)26-10-16(24)23-8-7-11-1-4-13(5-2-11)27-18(20)21/h1-6,9,18H,7-8,10,22H2,(H,23,24). The van der Waals surface area contributed by atoms with E-state index in [1.165, 1.54) is 18.2 Å². The highest BCUT2D eigenvalue weighted by Crippen LogP contribution is 2.15. The largest absolute Gasteiger partial charge is 0.452 e. The van der Waals surface area contributed by atoms with E-state index < -0.39 is 30.9 Å². The van der Waals surface area contributed by atoms with Crippen LogP contribution in [0.15, 0.2) is 42.5 Å². The third kappa shape index (κ3) is 6.53. The Kier molecular flexibility index (Phi) is 7.04. The fraction of sp³-hybridized carbons (Fsp3) is 0.222. The summed E-state index contributed by atoms with van der Waals surface area (Å²) in [6, 6.07) is 9.21. The summed E-state index contributed by atoms with van der Waals surface area (Å²) in [7, 11) is 0. The zero-order valence-corrected chi connectivity index (χ0v) is 14.1. The van der Waals surface area contributed by atoms with E-state index in [1.54, 1.807) is 12.1 Å². The number of ether oxygens (including phenoxy) is 2. The van der Waals surface area contributed by atoms with Crippen LogP contribution in [0.1, 0.15) is 15.9 Å². The summed E-state index contributed by atoms with van der Waals surface area (Å²) in [5.74, 6) is -1.90. The zero-order valence-electron chi connectivity index (χ0n) is 14.1. The first-order chi connectivity index (χ1) is 12.8. The van der Waals surface area contributed by atoms with Crippen LogP contribution in [0.25, 0.3) is 0 Å². The Morgan fingerprint density at radius 3 is 2.44 bits per heavy atom. The molecule has 0 unspecified atom stereocenters. The van der Waals surface area contributed by atoms with E-state index in [4.69, 9.17) is 10.5 Å².